The molecule has 19 heavy (non-hydrogen) atoms. The summed E-state index contributed by atoms with van der Waals surface area (Å²) in [6.45, 7) is 6.03. The number of nitrogens with one attached hydrogen (secondary N) is 1. The van der Waals surface area contributed by atoms with Crippen molar-refractivity contribution in [2.45, 2.75) is 30.2 Å². The first-order valence-corrected chi connectivity index (χ1v) is 7.62. The standard InChI is InChI=1S/C16H18ClNS/c1-3-18-11-13-6-9-16(15(17)10-13)19-14-7-4-12(2)5-8-14/h4-10,18H,3,11H2,1-2H3. The minimum atomic E-state index is 0.820. The first-order valence-electron chi connectivity index (χ1n) is 6.42. The molecule has 0 aromatic heterocycles. The van der Waals surface area contributed by atoms with Crippen LogP contribution in [-0.2, 0) is 6.54 Å². The van der Waals surface area contributed by atoms with Crippen LogP contribution in [0, 0.1) is 6.92 Å². The minimum absolute atomic E-state index is 0.820. The summed E-state index contributed by atoms with van der Waals surface area (Å²) >= 11 is 8.04. The van der Waals surface area contributed by atoms with E-state index in [0.29, 0.717) is 0 Å². The van der Waals surface area contributed by atoms with E-state index in [4.69, 9.17) is 11.6 Å². The van der Waals surface area contributed by atoms with Crippen LogP contribution in [0.15, 0.2) is 52.3 Å². The van der Waals surface area contributed by atoms with Gasteiger partial charge in [-0.3, -0.25) is 0 Å². The first-order chi connectivity index (χ1) is 9.19. The van der Waals surface area contributed by atoms with Crippen molar-refractivity contribution in [3.63, 3.8) is 0 Å². The maximum absolute atomic E-state index is 6.34. The van der Waals surface area contributed by atoms with Gasteiger partial charge in [-0.05, 0) is 43.3 Å². The Bertz CT molecular complexity index is 537. The third kappa shape index (κ3) is 4.27. The van der Waals surface area contributed by atoms with Gasteiger partial charge in [0.1, 0.15) is 0 Å². The SMILES string of the molecule is CCNCc1ccc(Sc2ccc(C)cc2)c(Cl)c1. The fourth-order valence-corrected chi connectivity index (χ4v) is 2.88. The lowest BCUT2D eigenvalue weighted by Gasteiger charge is -2.07. The summed E-state index contributed by atoms with van der Waals surface area (Å²) in [6.07, 6.45) is 0. The zero-order chi connectivity index (χ0) is 13.7. The molecule has 2 rings (SSSR count). The maximum atomic E-state index is 6.34. The molecule has 100 valence electrons. The summed E-state index contributed by atoms with van der Waals surface area (Å²) < 4.78 is 0. The van der Waals surface area contributed by atoms with Crippen LogP contribution in [0.5, 0.6) is 0 Å². The lowest BCUT2D eigenvalue weighted by Crippen LogP contribution is -2.11. The molecule has 1 N–H and O–H groups in total. The largest absolute Gasteiger partial charge is 0.313 e. The van der Waals surface area contributed by atoms with E-state index in [0.717, 1.165) is 23.0 Å². The molecule has 0 atom stereocenters. The van der Waals surface area contributed by atoms with Crippen molar-refractivity contribution in [3.05, 3.63) is 58.6 Å². The molecule has 2 aromatic rings. The molecule has 0 fully saturated rings. The van der Waals surface area contributed by atoms with E-state index in [1.807, 2.05) is 6.07 Å². The van der Waals surface area contributed by atoms with Gasteiger partial charge in [-0.1, -0.05) is 54.0 Å². The molecular weight excluding hydrogens is 274 g/mol. The van der Waals surface area contributed by atoms with Crippen LogP contribution < -0.4 is 5.32 Å². The fraction of sp³-hybridized carbons (Fsp3) is 0.250. The van der Waals surface area contributed by atoms with Gasteiger partial charge in [-0.25, -0.2) is 0 Å². The molecule has 2 aromatic carbocycles. The molecule has 0 radical (unpaired) electrons. The van der Waals surface area contributed by atoms with Crippen LogP contribution in [0.1, 0.15) is 18.1 Å². The fourth-order valence-electron chi connectivity index (χ4n) is 1.74. The van der Waals surface area contributed by atoms with E-state index >= 15 is 0 Å². The van der Waals surface area contributed by atoms with Gasteiger partial charge in [0.2, 0.25) is 0 Å². The van der Waals surface area contributed by atoms with E-state index in [2.05, 4.69) is 55.6 Å². The van der Waals surface area contributed by atoms with Crippen molar-refractivity contribution < 1.29 is 0 Å². The average Bonchev–Trinajstić information content (AvgIpc) is 2.41. The van der Waals surface area contributed by atoms with Gasteiger partial charge in [0, 0.05) is 16.3 Å². The third-order valence-corrected chi connectivity index (χ3v) is 4.33. The topological polar surface area (TPSA) is 12.0 Å². The summed E-state index contributed by atoms with van der Waals surface area (Å²) in [5.41, 5.74) is 2.50. The second-order valence-corrected chi connectivity index (χ2v) is 5.98. The quantitative estimate of drug-likeness (QED) is 0.840. The van der Waals surface area contributed by atoms with E-state index in [-0.39, 0.29) is 0 Å². The second kappa shape index (κ2) is 6.99. The van der Waals surface area contributed by atoms with Crippen LogP contribution in [0.25, 0.3) is 0 Å². The molecule has 0 aliphatic carbocycles. The summed E-state index contributed by atoms with van der Waals surface area (Å²) in [5, 5.41) is 4.12. The van der Waals surface area contributed by atoms with Gasteiger partial charge in [-0.2, -0.15) is 0 Å². The van der Waals surface area contributed by atoms with Crippen LogP contribution >= 0.6 is 23.4 Å². The molecule has 0 unspecified atom stereocenters. The van der Waals surface area contributed by atoms with Gasteiger partial charge < -0.3 is 5.32 Å². The normalized spacial score (nSPS) is 10.7. The van der Waals surface area contributed by atoms with Crippen molar-refractivity contribution in [3.8, 4) is 0 Å². The molecule has 0 saturated carbocycles. The Morgan fingerprint density at radius 2 is 1.84 bits per heavy atom. The molecule has 1 nitrogen and oxygen atoms in total. The number of benzene rings is 2. The highest BCUT2D eigenvalue weighted by atomic mass is 35.5. The highest BCUT2D eigenvalue weighted by Gasteiger charge is 2.04. The van der Waals surface area contributed by atoms with Crippen LogP contribution in [-0.4, -0.2) is 6.54 Å². The second-order valence-electron chi connectivity index (χ2n) is 4.46. The molecule has 0 amide bonds. The highest BCUT2D eigenvalue weighted by Crippen LogP contribution is 2.33. The first kappa shape index (κ1) is 14.4. The summed E-state index contributed by atoms with van der Waals surface area (Å²) in [5.74, 6) is 0. The predicted octanol–water partition coefficient (Wildman–Crippen LogP) is 4.91. The number of hydrogen-bond donors (Lipinski definition) is 1. The van der Waals surface area contributed by atoms with Gasteiger partial charge in [0.15, 0.2) is 0 Å². The third-order valence-electron chi connectivity index (χ3n) is 2.82. The van der Waals surface area contributed by atoms with E-state index < -0.39 is 0 Å². The van der Waals surface area contributed by atoms with E-state index in [1.165, 1.54) is 16.0 Å². The van der Waals surface area contributed by atoms with Crippen molar-refractivity contribution in [1.82, 2.24) is 5.32 Å². The summed E-state index contributed by atoms with van der Waals surface area (Å²) in [6, 6.07) is 14.8. The predicted molar refractivity (Wildman–Crippen MR) is 84.1 cm³/mol. The molecule has 0 bridgehead atoms. The molecule has 0 aliphatic rings. The number of rotatable bonds is 5. The van der Waals surface area contributed by atoms with E-state index in [1.54, 1.807) is 11.8 Å². The van der Waals surface area contributed by atoms with Gasteiger partial charge in [0.25, 0.3) is 0 Å². The van der Waals surface area contributed by atoms with Crippen LogP contribution in [0.2, 0.25) is 5.02 Å². The number of aryl methyl sites for hydroxylation is 1. The Kier molecular flexibility index (Phi) is 5.32. The van der Waals surface area contributed by atoms with Crippen molar-refractivity contribution in [2.24, 2.45) is 0 Å². The Balaban J connectivity index is 2.10. The minimum Gasteiger partial charge on any atom is -0.313 e. The van der Waals surface area contributed by atoms with Gasteiger partial charge in [0.05, 0.1) is 5.02 Å². The Hall–Kier alpha value is -0.960. The van der Waals surface area contributed by atoms with Gasteiger partial charge >= 0.3 is 0 Å². The molecule has 0 spiro atoms. The molecule has 3 heteroatoms. The Labute approximate surface area is 124 Å². The lowest BCUT2D eigenvalue weighted by molar-refractivity contribution is 0.726. The van der Waals surface area contributed by atoms with Crippen molar-refractivity contribution in [2.75, 3.05) is 6.54 Å². The molecule has 0 heterocycles. The smallest absolute Gasteiger partial charge is 0.0548 e. The van der Waals surface area contributed by atoms with Crippen molar-refractivity contribution in [1.29, 1.82) is 0 Å². The van der Waals surface area contributed by atoms with Crippen LogP contribution in [0.4, 0.5) is 0 Å². The molecular formula is C16H18ClNS. The summed E-state index contributed by atoms with van der Waals surface area (Å²) in [4.78, 5) is 2.32. The highest BCUT2D eigenvalue weighted by molar-refractivity contribution is 7.99. The molecule has 0 saturated heterocycles. The maximum Gasteiger partial charge on any atom is 0.0548 e. The van der Waals surface area contributed by atoms with Crippen molar-refractivity contribution >= 4 is 23.4 Å². The number of halogens is 1. The lowest BCUT2D eigenvalue weighted by atomic mass is 10.2. The van der Waals surface area contributed by atoms with Gasteiger partial charge in [-0.15, -0.1) is 0 Å². The zero-order valence-corrected chi connectivity index (χ0v) is 12.8. The average molecular weight is 292 g/mol. The van der Waals surface area contributed by atoms with Crippen LogP contribution in [0.3, 0.4) is 0 Å². The van der Waals surface area contributed by atoms with E-state index in [9.17, 15) is 0 Å². The number of hydrogen-bond acceptors (Lipinski definition) is 2. The Morgan fingerprint density at radius 3 is 2.47 bits per heavy atom. The monoisotopic (exact) mass is 291 g/mol. The Morgan fingerprint density at radius 1 is 1.11 bits per heavy atom. The molecule has 0 aliphatic heterocycles. The summed E-state index contributed by atoms with van der Waals surface area (Å²) in [7, 11) is 0. The zero-order valence-electron chi connectivity index (χ0n) is 11.2.